The summed E-state index contributed by atoms with van der Waals surface area (Å²) >= 11 is 13.1. The molecular weight excluding hydrogens is 377 g/mol. The first-order chi connectivity index (χ1) is 8.56. The fourth-order valence-corrected chi connectivity index (χ4v) is 2.68. The predicted octanol–water partition coefficient (Wildman–Crippen LogP) is 5.79. The average molecular weight is 390 g/mol. The third kappa shape index (κ3) is 3.50. The third-order valence-corrected chi connectivity index (χ3v) is 4.37. The highest BCUT2D eigenvalue weighted by Crippen LogP contribution is 2.24. The van der Waals surface area contributed by atoms with Gasteiger partial charge in [-0.2, -0.15) is 0 Å². The Labute approximate surface area is 129 Å². The molecule has 0 fully saturated rings. The third-order valence-electron chi connectivity index (χ3n) is 2.67. The van der Waals surface area contributed by atoms with Crippen LogP contribution in [-0.4, -0.2) is 0 Å². The summed E-state index contributed by atoms with van der Waals surface area (Å²) in [5.74, 6) is 0. The van der Waals surface area contributed by atoms with Crippen LogP contribution in [0.3, 0.4) is 0 Å². The smallest absolute Gasteiger partial charge is 0.0467 e. The van der Waals surface area contributed by atoms with E-state index in [1.165, 1.54) is 5.56 Å². The number of hydrogen-bond donors (Lipinski definition) is 1. The summed E-state index contributed by atoms with van der Waals surface area (Å²) in [6, 6.07) is 12.1. The predicted molar refractivity (Wildman–Crippen MR) is 85.4 cm³/mol. The Hall–Kier alpha value is -0.510. The lowest BCUT2D eigenvalue weighted by atomic mass is 10.2. The largest absolute Gasteiger partial charge is 0.381 e. The Kier molecular flexibility index (Phi) is 4.71. The molecule has 1 nitrogen and oxygen atoms in total. The lowest BCUT2D eigenvalue weighted by Crippen LogP contribution is -2.00. The van der Waals surface area contributed by atoms with Gasteiger partial charge in [0.2, 0.25) is 0 Å². The molecule has 4 heteroatoms. The first kappa shape index (κ1) is 13.9. The number of hydrogen-bond acceptors (Lipinski definition) is 1. The van der Waals surface area contributed by atoms with Crippen LogP contribution in [0.25, 0.3) is 0 Å². The van der Waals surface area contributed by atoms with Gasteiger partial charge in [-0.05, 0) is 42.3 Å². The zero-order chi connectivity index (χ0) is 13.1. The van der Waals surface area contributed by atoms with Gasteiger partial charge in [0, 0.05) is 26.2 Å². The minimum atomic E-state index is 0.710. The molecule has 0 radical (unpaired) electrons. The van der Waals surface area contributed by atoms with Crippen molar-refractivity contribution in [3.8, 4) is 0 Å². The Morgan fingerprint density at radius 3 is 2.56 bits per heavy atom. The zero-order valence-electron chi connectivity index (χ0n) is 9.81. The molecule has 0 saturated carbocycles. The van der Waals surface area contributed by atoms with Crippen LogP contribution in [0.15, 0.2) is 45.3 Å². The van der Waals surface area contributed by atoms with Gasteiger partial charge in [-0.1, -0.05) is 55.6 Å². The maximum Gasteiger partial charge on any atom is 0.0467 e. The monoisotopic (exact) mass is 387 g/mol. The van der Waals surface area contributed by atoms with Crippen molar-refractivity contribution in [1.82, 2.24) is 0 Å². The van der Waals surface area contributed by atoms with E-state index in [2.05, 4.69) is 62.3 Å². The maximum absolute atomic E-state index is 6.17. The van der Waals surface area contributed by atoms with E-state index in [9.17, 15) is 0 Å². The molecule has 94 valence electrons. The minimum Gasteiger partial charge on any atom is -0.381 e. The fraction of sp³-hybridized carbons (Fsp3) is 0.143. The SMILES string of the molecule is Cc1ccc(NCc2ccc(Br)cc2Cl)cc1Br. The number of rotatable bonds is 3. The molecule has 2 aromatic carbocycles. The number of aryl methyl sites for hydroxylation is 1. The molecular formula is C14H12Br2ClN. The van der Waals surface area contributed by atoms with Crippen LogP contribution >= 0.6 is 43.5 Å². The highest BCUT2D eigenvalue weighted by Gasteiger charge is 2.02. The lowest BCUT2D eigenvalue weighted by Gasteiger charge is -2.09. The van der Waals surface area contributed by atoms with Crippen LogP contribution in [0, 0.1) is 6.92 Å². The van der Waals surface area contributed by atoms with Gasteiger partial charge in [0.15, 0.2) is 0 Å². The van der Waals surface area contributed by atoms with Gasteiger partial charge in [-0.25, -0.2) is 0 Å². The van der Waals surface area contributed by atoms with Gasteiger partial charge in [-0.15, -0.1) is 0 Å². The van der Waals surface area contributed by atoms with E-state index in [1.54, 1.807) is 0 Å². The number of anilines is 1. The first-order valence-electron chi connectivity index (χ1n) is 5.50. The van der Waals surface area contributed by atoms with E-state index in [1.807, 2.05) is 18.2 Å². The van der Waals surface area contributed by atoms with Gasteiger partial charge in [0.25, 0.3) is 0 Å². The van der Waals surface area contributed by atoms with Gasteiger partial charge in [0.05, 0.1) is 0 Å². The van der Waals surface area contributed by atoms with Gasteiger partial charge in [0.1, 0.15) is 0 Å². The van der Waals surface area contributed by atoms with E-state index in [-0.39, 0.29) is 0 Å². The number of benzene rings is 2. The minimum absolute atomic E-state index is 0.710. The summed E-state index contributed by atoms with van der Waals surface area (Å²) in [7, 11) is 0. The van der Waals surface area contributed by atoms with Gasteiger partial charge >= 0.3 is 0 Å². The molecule has 18 heavy (non-hydrogen) atoms. The first-order valence-corrected chi connectivity index (χ1v) is 7.46. The van der Waals surface area contributed by atoms with Gasteiger partial charge < -0.3 is 5.32 Å². The van der Waals surface area contributed by atoms with Crippen molar-refractivity contribution in [1.29, 1.82) is 0 Å². The van der Waals surface area contributed by atoms with Crippen molar-refractivity contribution in [3.63, 3.8) is 0 Å². The Balaban J connectivity index is 2.09. The Bertz CT molecular complexity index is 570. The summed E-state index contributed by atoms with van der Waals surface area (Å²) in [5.41, 5.74) is 3.38. The second-order valence-corrected chi connectivity index (χ2v) is 6.23. The lowest BCUT2D eigenvalue weighted by molar-refractivity contribution is 1.14. The molecule has 2 aromatic rings. The number of halogens is 3. The summed E-state index contributed by atoms with van der Waals surface area (Å²) in [6.45, 7) is 2.78. The molecule has 2 rings (SSSR count). The van der Waals surface area contributed by atoms with Gasteiger partial charge in [-0.3, -0.25) is 0 Å². The van der Waals surface area contributed by atoms with Crippen molar-refractivity contribution in [2.24, 2.45) is 0 Å². The van der Waals surface area contributed by atoms with E-state index >= 15 is 0 Å². The standard InChI is InChI=1S/C14H12Br2ClN/c1-9-2-5-12(7-13(9)16)18-8-10-3-4-11(15)6-14(10)17/h2-7,18H,8H2,1H3. The molecule has 0 unspecified atom stereocenters. The molecule has 0 aromatic heterocycles. The molecule has 0 amide bonds. The molecule has 1 N–H and O–H groups in total. The maximum atomic E-state index is 6.17. The Morgan fingerprint density at radius 2 is 1.89 bits per heavy atom. The van der Waals surface area contributed by atoms with Crippen LogP contribution in [0.4, 0.5) is 5.69 Å². The quantitative estimate of drug-likeness (QED) is 0.701. The summed E-state index contributed by atoms with van der Waals surface area (Å²) in [4.78, 5) is 0. The molecule has 0 aliphatic rings. The van der Waals surface area contributed by atoms with E-state index < -0.39 is 0 Å². The molecule has 0 atom stereocenters. The molecule has 0 aliphatic carbocycles. The highest BCUT2D eigenvalue weighted by molar-refractivity contribution is 9.10. The van der Waals surface area contributed by atoms with E-state index in [0.717, 1.165) is 25.2 Å². The zero-order valence-corrected chi connectivity index (χ0v) is 13.7. The second-order valence-electron chi connectivity index (χ2n) is 4.05. The van der Waals surface area contributed by atoms with Crippen LogP contribution in [-0.2, 0) is 6.54 Å². The van der Waals surface area contributed by atoms with Crippen LogP contribution in [0.2, 0.25) is 5.02 Å². The molecule has 0 bridgehead atoms. The van der Waals surface area contributed by atoms with Crippen molar-refractivity contribution in [2.45, 2.75) is 13.5 Å². The van der Waals surface area contributed by atoms with E-state index in [0.29, 0.717) is 6.54 Å². The topological polar surface area (TPSA) is 12.0 Å². The second kappa shape index (κ2) is 6.09. The fourth-order valence-electron chi connectivity index (χ4n) is 1.57. The molecule has 0 aliphatic heterocycles. The van der Waals surface area contributed by atoms with Crippen LogP contribution in [0.1, 0.15) is 11.1 Å². The Morgan fingerprint density at radius 1 is 1.11 bits per heavy atom. The highest BCUT2D eigenvalue weighted by atomic mass is 79.9. The average Bonchev–Trinajstić information content (AvgIpc) is 2.32. The summed E-state index contributed by atoms with van der Waals surface area (Å²) in [5, 5.41) is 4.13. The number of nitrogens with one attached hydrogen (secondary N) is 1. The molecule has 0 heterocycles. The van der Waals surface area contributed by atoms with Crippen LogP contribution < -0.4 is 5.32 Å². The van der Waals surface area contributed by atoms with Crippen molar-refractivity contribution in [3.05, 3.63) is 61.5 Å². The molecule has 0 saturated heterocycles. The summed E-state index contributed by atoms with van der Waals surface area (Å²) < 4.78 is 2.10. The van der Waals surface area contributed by atoms with E-state index in [4.69, 9.17) is 11.6 Å². The summed E-state index contributed by atoms with van der Waals surface area (Å²) in [6.07, 6.45) is 0. The normalized spacial score (nSPS) is 10.4. The van der Waals surface area contributed by atoms with Crippen LogP contribution in [0.5, 0.6) is 0 Å². The van der Waals surface area contributed by atoms with Crippen molar-refractivity contribution >= 4 is 49.1 Å². The molecule has 0 spiro atoms. The van der Waals surface area contributed by atoms with Crippen molar-refractivity contribution < 1.29 is 0 Å². The van der Waals surface area contributed by atoms with Crippen molar-refractivity contribution in [2.75, 3.05) is 5.32 Å².